The standard InChI is InChI=1S/C15H14Br2N4O3/c1-3-24-13-10(16)5-9(6-11(13)17)7-18-21-14(22)12-4-8(2)19-15(23)20-12/h4-7H,3H2,1-2H3,(H,21,22)(H,19,20,23)/b18-7+. The summed E-state index contributed by atoms with van der Waals surface area (Å²) in [5.41, 5.74) is 3.04. The number of carbonyl (C=O) groups excluding carboxylic acids is 1. The van der Waals surface area contributed by atoms with Gasteiger partial charge in [0, 0.05) is 5.69 Å². The van der Waals surface area contributed by atoms with Crippen LogP contribution in [0, 0.1) is 6.92 Å². The van der Waals surface area contributed by atoms with Crippen molar-refractivity contribution in [2.24, 2.45) is 5.10 Å². The number of ether oxygens (including phenoxy) is 1. The lowest BCUT2D eigenvalue weighted by Crippen LogP contribution is -2.24. The molecule has 7 nitrogen and oxygen atoms in total. The molecule has 0 radical (unpaired) electrons. The van der Waals surface area contributed by atoms with Crippen LogP contribution in [-0.4, -0.2) is 28.7 Å². The van der Waals surface area contributed by atoms with Crippen molar-refractivity contribution in [2.75, 3.05) is 6.61 Å². The first-order valence-corrected chi connectivity index (χ1v) is 8.52. The van der Waals surface area contributed by atoms with Gasteiger partial charge in [0.1, 0.15) is 11.4 Å². The number of aryl methyl sites for hydroxylation is 1. The number of halogens is 2. The van der Waals surface area contributed by atoms with Gasteiger partial charge >= 0.3 is 5.69 Å². The van der Waals surface area contributed by atoms with Gasteiger partial charge in [0.15, 0.2) is 0 Å². The highest BCUT2D eigenvalue weighted by molar-refractivity contribution is 9.11. The highest BCUT2D eigenvalue weighted by atomic mass is 79.9. The Balaban J connectivity index is 2.11. The summed E-state index contributed by atoms with van der Waals surface area (Å²) in [5.74, 6) is 0.131. The SMILES string of the molecule is CCOc1c(Br)cc(/C=N/NC(=O)c2cc(C)[nH]c(=O)n2)cc1Br. The Morgan fingerprint density at radius 3 is 2.62 bits per heavy atom. The number of hydrogen-bond donors (Lipinski definition) is 2. The second-order valence-corrected chi connectivity index (χ2v) is 6.41. The highest BCUT2D eigenvalue weighted by Gasteiger charge is 2.09. The number of H-pyrrole nitrogens is 1. The summed E-state index contributed by atoms with van der Waals surface area (Å²) in [6.07, 6.45) is 1.48. The largest absolute Gasteiger partial charge is 0.492 e. The van der Waals surface area contributed by atoms with Crippen molar-refractivity contribution in [3.8, 4) is 5.75 Å². The maximum atomic E-state index is 11.9. The molecule has 9 heteroatoms. The van der Waals surface area contributed by atoms with E-state index in [4.69, 9.17) is 4.74 Å². The van der Waals surface area contributed by atoms with E-state index in [0.717, 1.165) is 14.5 Å². The van der Waals surface area contributed by atoms with E-state index in [1.807, 2.05) is 6.92 Å². The molecule has 24 heavy (non-hydrogen) atoms. The second kappa shape index (κ2) is 8.20. The summed E-state index contributed by atoms with van der Waals surface area (Å²) in [6, 6.07) is 5.08. The van der Waals surface area contributed by atoms with Crippen molar-refractivity contribution < 1.29 is 9.53 Å². The normalized spacial score (nSPS) is 10.8. The average molecular weight is 458 g/mol. The summed E-state index contributed by atoms with van der Waals surface area (Å²) >= 11 is 6.84. The van der Waals surface area contributed by atoms with E-state index in [2.05, 4.69) is 52.4 Å². The van der Waals surface area contributed by atoms with Crippen molar-refractivity contribution in [1.29, 1.82) is 0 Å². The number of benzene rings is 1. The van der Waals surface area contributed by atoms with E-state index in [9.17, 15) is 9.59 Å². The highest BCUT2D eigenvalue weighted by Crippen LogP contribution is 2.34. The maximum Gasteiger partial charge on any atom is 0.345 e. The monoisotopic (exact) mass is 456 g/mol. The van der Waals surface area contributed by atoms with Crippen LogP contribution in [0.4, 0.5) is 0 Å². The lowest BCUT2D eigenvalue weighted by atomic mass is 10.2. The lowest BCUT2D eigenvalue weighted by molar-refractivity contribution is 0.0949. The van der Waals surface area contributed by atoms with Gasteiger partial charge in [-0.3, -0.25) is 4.79 Å². The molecule has 0 aliphatic rings. The topological polar surface area (TPSA) is 96.4 Å². The molecule has 1 amide bonds. The zero-order valence-corrected chi connectivity index (χ0v) is 16.1. The third kappa shape index (κ3) is 4.75. The molecule has 2 rings (SSSR count). The molecule has 0 bridgehead atoms. The van der Waals surface area contributed by atoms with Gasteiger partial charge in [0.25, 0.3) is 5.91 Å². The minimum Gasteiger partial charge on any atom is -0.492 e. The quantitative estimate of drug-likeness (QED) is 0.532. The molecular formula is C15H14Br2N4O3. The predicted molar refractivity (Wildman–Crippen MR) is 97.7 cm³/mol. The number of amides is 1. The third-order valence-corrected chi connectivity index (χ3v) is 3.98. The number of nitrogens with one attached hydrogen (secondary N) is 2. The second-order valence-electron chi connectivity index (χ2n) is 4.70. The Morgan fingerprint density at radius 2 is 2.04 bits per heavy atom. The van der Waals surface area contributed by atoms with Crippen LogP contribution in [0.2, 0.25) is 0 Å². The number of aromatic amines is 1. The van der Waals surface area contributed by atoms with Gasteiger partial charge in [-0.05, 0) is 69.5 Å². The molecule has 0 unspecified atom stereocenters. The van der Waals surface area contributed by atoms with Crippen LogP contribution < -0.4 is 15.9 Å². The molecule has 2 aromatic rings. The number of rotatable bonds is 5. The molecule has 0 spiro atoms. The third-order valence-electron chi connectivity index (χ3n) is 2.80. The van der Waals surface area contributed by atoms with Gasteiger partial charge < -0.3 is 9.72 Å². The molecule has 0 fully saturated rings. The molecular weight excluding hydrogens is 444 g/mol. The fourth-order valence-electron chi connectivity index (χ4n) is 1.85. The summed E-state index contributed by atoms with van der Waals surface area (Å²) in [6.45, 7) is 4.11. The van der Waals surface area contributed by atoms with Gasteiger partial charge in [-0.2, -0.15) is 10.1 Å². The molecule has 1 heterocycles. The van der Waals surface area contributed by atoms with Gasteiger partial charge in [-0.25, -0.2) is 10.2 Å². The zero-order valence-electron chi connectivity index (χ0n) is 12.9. The molecule has 0 aliphatic carbocycles. The summed E-state index contributed by atoms with van der Waals surface area (Å²) in [4.78, 5) is 29.3. The van der Waals surface area contributed by atoms with E-state index >= 15 is 0 Å². The van der Waals surface area contributed by atoms with E-state index in [-0.39, 0.29) is 5.69 Å². The van der Waals surface area contributed by atoms with Crippen LogP contribution in [0.5, 0.6) is 5.75 Å². The maximum absolute atomic E-state index is 11.9. The molecule has 0 aliphatic heterocycles. The molecule has 0 saturated heterocycles. The summed E-state index contributed by atoms with van der Waals surface area (Å²) in [7, 11) is 0. The van der Waals surface area contributed by atoms with Crippen molar-refractivity contribution in [3.05, 3.63) is 54.6 Å². The first-order valence-electron chi connectivity index (χ1n) is 6.94. The minimum absolute atomic E-state index is 0.00227. The Kier molecular flexibility index (Phi) is 6.27. The first-order chi connectivity index (χ1) is 11.4. The predicted octanol–water partition coefficient (Wildman–Crippen LogP) is 2.77. The zero-order chi connectivity index (χ0) is 17.7. The molecule has 1 aromatic heterocycles. The summed E-state index contributed by atoms with van der Waals surface area (Å²) in [5, 5.41) is 3.88. The van der Waals surface area contributed by atoms with Gasteiger partial charge in [0.2, 0.25) is 0 Å². The van der Waals surface area contributed by atoms with Gasteiger partial charge in [0.05, 0.1) is 21.8 Å². The van der Waals surface area contributed by atoms with Gasteiger partial charge in [-0.1, -0.05) is 0 Å². The Labute approximate surface area is 154 Å². The van der Waals surface area contributed by atoms with Crippen LogP contribution in [0.25, 0.3) is 0 Å². The minimum atomic E-state index is -0.580. The van der Waals surface area contributed by atoms with Crippen molar-refractivity contribution in [3.63, 3.8) is 0 Å². The number of hydrazone groups is 1. The van der Waals surface area contributed by atoms with Crippen molar-refractivity contribution >= 4 is 44.0 Å². The molecule has 0 saturated carbocycles. The van der Waals surface area contributed by atoms with Crippen LogP contribution in [0.3, 0.4) is 0 Å². The molecule has 2 N–H and O–H groups in total. The fourth-order valence-corrected chi connectivity index (χ4v) is 3.31. The summed E-state index contributed by atoms with van der Waals surface area (Å²) < 4.78 is 7.02. The smallest absolute Gasteiger partial charge is 0.345 e. The van der Waals surface area contributed by atoms with E-state index < -0.39 is 11.6 Å². The fraction of sp³-hybridized carbons (Fsp3) is 0.200. The Bertz CT molecular complexity index is 826. The van der Waals surface area contributed by atoms with Crippen LogP contribution in [0.15, 0.2) is 37.0 Å². The van der Waals surface area contributed by atoms with E-state index in [0.29, 0.717) is 18.1 Å². The number of carbonyl (C=O) groups is 1. The molecule has 1 aromatic carbocycles. The van der Waals surface area contributed by atoms with Crippen molar-refractivity contribution in [1.82, 2.24) is 15.4 Å². The van der Waals surface area contributed by atoms with Crippen LogP contribution in [0.1, 0.15) is 28.7 Å². The van der Waals surface area contributed by atoms with E-state index in [1.165, 1.54) is 12.3 Å². The van der Waals surface area contributed by atoms with Crippen LogP contribution >= 0.6 is 31.9 Å². The van der Waals surface area contributed by atoms with Crippen LogP contribution in [-0.2, 0) is 0 Å². The van der Waals surface area contributed by atoms with E-state index in [1.54, 1.807) is 19.1 Å². The lowest BCUT2D eigenvalue weighted by Gasteiger charge is -2.09. The Hall–Kier alpha value is -2.00. The Morgan fingerprint density at radius 1 is 1.38 bits per heavy atom. The van der Waals surface area contributed by atoms with Gasteiger partial charge in [-0.15, -0.1) is 0 Å². The average Bonchev–Trinajstić information content (AvgIpc) is 2.50. The van der Waals surface area contributed by atoms with Crippen molar-refractivity contribution in [2.45, 2.75) is 13.8 Å². The number of hydrogen-bond acceptors (Lipinski definition) is 5. The number of nitrogens with zero attached hydrogens (tertiary/aromatic N) is 2. The number of aromatic nitrogens is 2. The molecule has 126 valence electrons. The molecule has 0 atom stereocenters. The first kappa shape index (κ1) is 18.3.